The highest BCUT2D eigenvalue weighted by Crippen LogP contribution is 2.19. The first-order chi connectivity index (χ1) is 12.5. The maximum absolute atomic E-state index is 12.7. The van der Waals surface area contributed by atoms with Gasteiger partial charge in [-0.1, -0.05) is 18.2 Å². The fourth-order valence-corrected chi connectivity index (χ4v) is 4.65. The van der Waals surface area contributed by atoms with Gasteiger partial charge in [0.25, 0.3) is 0 Å². The molecule has 1 aliphatic rings. The Kier molecular flexibility index (Phi) is 6.28. The lowest BCUT2D eigenvalue weighted by molar-refractivity contribution is 0.0730. The van der Waals surface area contributed by atoms with Gasteiger partial charge in [-0.2, -0.15) is 4.31 Å². The first kappa shape index (κ1) is 19.3. The Labute approximate surface area is 166 Å². The van der Waals surface area contributed by atoms with Crippen molar-refractivity contribution in [3.63, 3.8) is 0 Å². The van der Waals surface area contributed by atoms with Crippen LogP contribution in [0.5, 0.6) is 0 Å². The zero-order valence-corrected chi connectivity index (χ0v) is 17.0. The maximum atomic E-state index is 12.7. The molecule has 3 rings (SSSR count). The molecule has 2 aromatic carbocycles. The van der Waals surface area contributed by atoms with Gasteiger partial charge in [0.2, 0.25) is 10.0 Å². The predicted octanol–water partition coefficient (Wildman–Crippen LogP) is 2.61. The van der Waals surface area contributed by atoms with Crippen LogP contribution in [0, 0.1) is 3.57 Å². The van der Waals surface area contributed by atoms with Crippen molar-refractivity contribution in [2.75, 3.05) is 38.2 Å². The molecule has 0 amide bonds. The van der Waals surface area contributed by atoms with Gasteiger partial charge in [0.1, 0.15) is 0 Å². The zero-order chi connectivity index (χ0) is 18.6. The molecule has 26 heavy (non-hydrogen) atoms. The number of carbonyl (C=O) groups is 1. The van der Waals surface area contributed by atoms with E-state index in [1.165, 1.54) is 16.4 Å². The molecular weight excluding hydrogens is 467 g/mol. The number of hydrogen-bond donors (Lipinski definition) is 1. The third-order valence-electron chi connectivity index (χ3n) is 4.04. The van der Waals surface area contributed by atoms with Crippen LogP contribution < -0.4 is 5.32 Å². The van der Waals surface area contributed by atoms with Crippen molar-refractivity contribution in [2.45, 2.75) is 4.90 Å². The number of sulfonamides is 1. The molecule has 0 aromatic heterocycles. The number of ketones is 1. The van der Waals surface area contributed by atoms with Crippen LogP contribution in [0.3, 0.4) is 0 Å². The molecule has 1 aliphatic heterocycles. The lowest BCUT2D eigenvalue weighted by atomic mass is 10.1. The normalized spacial score (nSPS) is 15.6. The van der Waals surface area contributed by atoms with Crippen LogP contribution in [0.4, 0.5) is 5.69 Å². The minimum absolute atomic E-state index is 0.0984. The monoisotopic (exact) mass is 486 g/mol. The Bertz CT molecular complexity index is 896. The van der Waals surface area contributed by atoms with Crippen molar-refractivity contribution in [1.29, 1.82) is 0 Å². The summed E-state index contributed by atoms with van der Waals surface area (Å²) in [5.41, 5.74) is 1.22. The summed E-state index contributed by atoms with van der Waals surface area (Å²) in [6.45, 7) is 1.53. The summed E-state index contributed by atoms with van der Waals surface area (Å²) in [6, 6.07) is 13.9. The lowest BCUT2D eigenvalue weighted by Crippen LogP contribution is -2.40. The fraction of sp³-hybridized carbons (Fsp3) is 0.278. The van der Waals surface area contributed by atoms with E-state index in [4.69, 9.17) is 4.74 Å². The summed E-state index contributed by atoms with van der Waals surface area (Å²) >= 11 is 2.20. The van der Waals surface area contributed by atoms with E-state index < -0.39 is 10.0 Å². The van der Waals surface area contributed by atoms with E-state index in [1.54, 1.807) is 12.1 Å². The Morgan fingerprint density at radius 3 is 2.58 bits per heavy atom. The van der Waals surface area contributed by atoms with Gasteiger partial charge in [-0.25, -0.2) is 8.42 Å². The van der Waals surface area contributed by atoms with Crippen molar-refractivity contribution >= 4 is 44.1 Å². The van der Waals surface area contributed by atoms with E-state index in [2.05, 4.69) is 27.9 Å². The molecule has 0 aliphatic carbocycles. The molecule has 8 heteroatoms. The highest BCUT2D eigenvalue weighted by molar-refractivity contribution is 14.1. The third-order valence-corrected chi connectivity index (χ3v) is 6.61. The van der Waals surface area contributed by atoms with Crippen LogP contribution in [0.1, 0.15) is 10.4 Å². The van der Waals surface area contributed by atoms with Crippen LogP contribution in [-0.2, 0) is 14.8 Å². The molecule has 6 nitrogen and oxygen atoms in total. The van der Waals surface area contributed by atoms with Crippen molar-refractivity contribution in [3.05, 3.63) is 57.7 Å². The van der Waals surface area contributed by atoms with Crippen LogP contribution >= 0.6 is 22.6 Å². The molecule has 1 saturated heterocycles. The van der Waals surface area contributed by atoms with E-state index in [0.717, 1.165) is 9.26 Å². The topological polar surface area (TPSA) is 75.7 Å². The summed E-state index contributed by atoms with van der Waals surface area (Å²) in [7, 11) is -3.61. The van der Waals surface area contributed by atoms with Crippen LogP contribution in [0.15, 0.2) is 53.4 Å². The number of benzene rings is 2. The quantitative estimate of drug-likeness (QED) is 0.502. The SMILES string of the molecule is O=C(CNc1cccc(I)c1)c1cccc(S(=O)(=O)N2CCOCC2)c1. The average Bonchev–Trinajstić information content (AvgIpc) is 2.67. The number of ether oxygens (including phenoxy) is 1. The van der Waals surface area contributed by atoms with Gasteiger partial charge in [0.05, 0.1) is 24.7 Å². The van der Waals surface area contributed by atoms with Crippen molar-refractivity contribution < 1.29 is 17.9 Å². The second-order valence-corrected chi connectivity index (χ2v) is 9.01. The van der Waals surface area contributed by atoms with Gasteiger partial charge in [0.15, 0.2) is 5.78 Å². The second-order valence-electron chi connectivity index (χ2n) is 5.83. The van der Waals surface area contributed by atoms with E-state index in [1.807, 2.05) is 24.3 Å². The highest BCUT2D eigenvalue weighted by Gasteiger charge is 2.26. The molecule has 0 radical (unpaired) electrons. The average molecular weight is 486 g/mol. The maximum Gasteiger partial charge on any atom is 0.243 e. The van der Waals surface area contributed by atoms with Crippen LogP contribution in [0.25, 0.3) is 0 Å². The smallest absolute Gasteiger partial charge is 0.243 e. The lowest BCUT2D eigenvalue weighted by Gasteiger charge is -2.26. The summed E-state index contributed by atoms with van der Waals surface area (Å²) in [5.74, 6) is -0.164. The Balaban J connectivity index is 1.73. The first-order valence-electron chi connectivity index (χ1n) is 8.17. The van der Waals surface area contributed by atoms with E-state index >= 15 is 0 Å². The molecule has 0 unspecified atom stereocenters. The Hall–Kier alpha value is -1.49. The molecule has 0 atom stereocenters. The fourth-order valence-electron chi connectivity index (χ4n) is 2.65. The van der Waals surface area contributed by atoms with E-state index in [-0.39, 0.29) is 17.2 Å². The van der Waals surface area contributed by atoms with Gasteiger partial charge < -0.3 is 10.1 Å². The summed E-state index contributed by atoms with van der Waals surface area (Å²) in [5, 5.41) is 3.07. The van der Waals surface area contributed by atoms with Crippen LogP contribution in [0.2, 0.25) is 0 Å². The number of Topliss-reactive ketones (excluding diaryl/α,β-unsaturated/α-hetero) is 1. The van der Waals surface area contributed by atoms with Crippen molar-refractivity contribution in [3.8, 4) is 0 Å². The largest absolute Gasteiger partial charge is 0.379 e. The van der Waals surface area contributed by atoms with Gasteiger partial charge in [-0.15, -0.1) is 0 Å². The number of anilines is 1. The van der Waals surface area contributed by atoms with E-state index in [0.29, 0.717) is 31.9 Å². The van der Waals surface area contributed by atoms with Gasteiger partial charge in [0, 0.05) is 27.9 Å². The minimum Gasteiger partial charge on any atom is -0.379 e. The Morgan fingerprint density at radius 2 is 1.85 bits per heavy atom. The molecule has 0 saturated carbocycles. The van der Waals surface area contributed by atoms with Gasteiger partial charge >= 0.3 is 0 Å². The number of morpholine rings is 1. The molecule has 1 fully saturated rings. The Morgan fingerprint density at radius 1 is 1.12 bits per heavy atom. The van der Waals surface area contributed by atoms with E-state index in [9.17, 15) is 13.2 Å². The van der Waals surface area contributed by atoms with Gasteiger partial charge in [-0.05, 0) is 52.9 Å². The number of nitrogens with zero attached hydrogens (tertiary/aromatic N) is 1. The first-order valence-corrected chi connectivity index (χ1v) is 10.7. The molecule has 138 valence electrons. The summed E-state index contributed by atoms with van der Waals surface area (Å²) < 4.78 is 33.1. The minimum atomic E-state index is -3.61. The standard InChI is InChI=1S/C18H19IN2O4S/c19-15-4-2-5-16(12-15)20-13-18(22)14-3-1-6-17(11-14)26(23,24)21-7-9-25-10-8-21/h1-6,11-12,20H,7-10,13H2. The van der Waals surface area contributed by atoms with Crippen molar-refractivity contribution in [2.24, 2.45) is 0 Å². The number of carbonyl (C=O) groups excluding carboxylic acids is 1. The molecule has 2 aromatic rings. The summed E-state index contributed by atoms with van der Waals surface area (Å²) in [4.78, 5) is 12.6. The molecule has 1 heterocycles. The molecule has 1 N–H and O–H groups in total. The zero-order valence-electron chi connectivity index (χ0n) is 14.0. The third kappa shape index (κ3) is 4.61. The highest BCUT2D eigenvalue weighted by atomic mass is 127. The number of hydrogen-bond acceptors (Lipinski definition) is 5. The molecule has 0 bridgehead atoms. The number of halogens is 1. The molecular formula is C18H19IN2O4S. The van der Waals surface area contributed by atoms with Crippen LogP contribution in [-0.4, -0.2) is 51.4 Å². The van der Waals surface area contributed by atoms with Crippen molar-refractivity contribution in [1.82, 2.24) is 4.31 Å². The summed E-state index contributed by atoms with van der Waals surface area (Å²) in [6.07, 6.45) is 0. The number of rotatable bonds is 6. The predicted molar refractivity (Wildman–Crippen MR) is 108 cm³/mol. The van der Waals surface area contributed by atoms with Gasteiger partial charge in [-0.3, -0.25) is 4.79 Å². The molecule has 0 spiro atoms. The number of nitrogens with one attached hydrogen (secondary N) is 1. The second kappa shape index (κ2) is 8.47.